The molecule has 1 atom stereocenters. The number of alkyl halides is 3. The van der Waals surface area contributed by atoms with E-state index in [1.165, 1.54) is 6.08 Å². The number of carbonyl (C=O) groups is 1. The Morgan fingerprint density at radius 1 is 1.04 bits per heavy atom. The summed E-state index contributed by atoms with van der Waals surface area (Å²) in [5.74, 6) is 1.60. The van der Waals surface area contributed by atoms with Crippen LogP contribution in [0.4, 0.5) is 24.9 Å². The molecule has 4 saturated heterocycles. The zero-order valence-corrected chi connectivity index (χ0v) is 30.7. The quantitative estimate of drug-likeness (QED) is 0.188. The van der Waals surface area contributed by atoms with Crippen LogP contribution in [-0.2, 0) is 4.79 Å². The van der Waals surface area contributed by atoms with Crippen LogP contribution in [0.15, 0.2) is 37.1 Å². The third-order valence-corrected chi connectivity index (χ3v) is 12.7. The maximum atomic E-state index is 14.1. The molecule has 9 rings (SSSR count). The standard InChI is InChI=1S/C40H47F3N8O2/c1-5-25(4)49-19-39(20-49)21-51(22-39)37-45-34-28(36(46-37)48-13-11-38(12-14-48)17-50(18-38)31(52)6-2)15-27(26-8-9-26)33(35(34)53-23-40(41,42)43)32-24(3)7-10-30-29(32)16-44-47-30/h6-7,10,15-16,25-26H,2,5,8-9,11-14,17-23H2,1,3-4H3,(H,44,47). The van der Waals surface area contributed by atoms with E-state index >= 15 is 0 Å². The first-order valence-corrected chi connectivity index (χ1v) is 19.1. The van der Waals surface area contributed by atoms with Gasteiger partial charge in [0.2, 0.25) is 11.9 Å². The molecule has 1 saturated carbocycles. The first-order valence-electron chi connectivity index (χ1n) is 19.1. The Kier molecular flexibility index (Phi) is 8.00. The van der Waals surface area contributed by atoms with Crippen molar-refractivity contribution in [2.75, 3.05) is 68.8 Å². The second-order valence-corrected chi connectivity index (χ2v) is 16.6. The first kappa shape index (κ1) is 34.4. The van der Waals surface area contributed by atoms with Crippen LogP contribution in [0.1, 0.15) is 63.0 Å². The van der Waals surface area contributed by atoms with Gasteiger partial charge in [-0.2, -0.15) is 23.3 Å². The molecule has 280 valence electrons. The van der Waals surface area contributed by atoms with E-state index in [0.29, 0.717) is 36.2 Å². The number of halogens is 3. The molecule has 2 spiro atoms. The fourth-order valence-corrected chi connectivity index (χ4v) is 9.39. The predicted molar refractivity (Wildman–Crippen MR) is 200 cm³/mol. The highest BCUT2D eigenvalue weighted by molar-refractivity contribution is 6.06. The molecular formula is C40H47F3N8O2. The van der Waals surface area contributed by atoms with Crippen molar-refractivity contribution in [1.29, 1.82) is 0 Å². The SMILES string of the molecule is C=CC(=O)N1CC2(CCN(c3nc(N4CC5(C4)CN(C(C)CC)C5)nc4c(OCC(F)(F)F)c(-c5c(C)ccc6[nH]ncc56)c(C5CC5)cc34)CC2)C1. The van der Waals surface area contributed by atoms with Crippen LogP contribution >= 0.6 is 0 Å². The zero-order chi connectivity index (χ0) is 36.9. The van der Waals surface area contributed by atoms with Crippen molar-refractivity contribution >= 4 is 39.5 Å². The van der Waals surface area contributed by atoms with Crippen molar-refractivity contribution in [3.8, 4) is 16.9 Å². The van der Waals surface area contributed by atoms with Crippen LogP contribution in [0.3, 0.4) is 0 Å². The van der Waals surface area contributed by atoms with Gasteiger partial charge < -0.3 is 19.4 Å². The topological polar surface area (TPSA) is 93.7 Å². The van der Waals surface area contributed by atoms with Crippen molar-refractivity contribution in [3.05, 3.63) is 48.2 Å². The maximum absolute atomic E-state index is 14.1. The lowest BCUT2D eigenvalue weighted by Crippen LogP contribution is -2.73. The largest absolute Gasteiger partial charge is 0.481 e. The lowest BCUT2D eigenvalue weighted by molar-refractivity contribution is -0.153. The monoisotopic (exact) mass is 728 g/mol. The highest BCUT2D eigenvalue weighted by Gasteiger charge is 2.53. The Hall–Kier alpha value is -4.39. The zero-order valence-electron chi connectivity index (χ0n) is 30.7. The molecule has 1 N–H and O–H groups in total. The number of hydrogen-bond acceptors (Lipinski definition) is 8. The van der Waals surface area contributed by atoms with Gasteiger partial charge in [-0.25, -0.2) is 4.98 Å². The van der Waals surface area contributed by atoms with E-state index in [0.717, 1.165) is 110 Å². The summed E-state index contributed by atoms with van der Waals surface area (Å²) in [6.45, 7) is 15.2. The van der Waals surface area contributed by atoms with E-state index in [2.05, 4.69) is 51.4 Å². The number of piperidine rings is 1. The van der Waals surface area contributed by atoms with E-state index in [1.54, 1.807) is 6.20 Å². The van der Waals surface area contributed by atoms with Crippen LogP contribution in [0, 0.1) is 17.8 Å². The molecule has 2 aromatic carbocycles. The molecule has 1 aliphatic carbocycles. The average Bonchev–Trinajstić information content (AvgIpc) is 3.83. The van der Waals surface area contributed by atoms with Crippen molar-refractivity contribution in [2.45, 2.75) is 71.0 Å². The Balaban J connectivity index is 1.17. The molecule has 4 aromatic rings. The molecule has 13 heteroatoms. The summed E-state index contributed by atoms with van der Waals surface area (Å²) in [5.41, 5.74) is 4.86. The van der Waals surface area contributed by atoms with E-state index in [4.69, 9.17) is 14.7 Å². The lowest BCUT2D eigenvalue weighted by atomic mass is 9.72. The van der Waals surface area contributed by atoms with E-state index in [9.17, 15) is 18.0 Å². The maximum Gasteiger partial charge on any atom is 0.422 e. The minimum absolute atomic E-state index is 0.0355. The number of fused-ring (bicyclic) bond motifs is 2. The fourth-order valence-electron chi connectivity index (χ4n) is 9.39. The van der Waals surface area contributed by atoms with Gasteiger partial charge in [-0.3, -0.25) is 14.8 Å². The summed E-state index contributed by atoms with van der Waals surface area (Å²) in [4.78, 5) is 31.5. The highest BCUT2D eigenvalue weighted by atomic mass is 19.4. The number of hydrogen-bond donors (Lipinski definition) is 1. The van der Waals surface area contributed by atoms with Crippen molar-refractivity contribution in [2.24, 2.45) is 10.8 Å². The lowest BCUT2D eigenvalue weighted by Gasteiger charge is -2.61. The van der Waals surface area contributed by atoms with Gasteiger partial charge in [-0.05, 0) is 86.8 Å². The van der Waals surface area contributed by atoms with Crippen LogP contribution in [0.2, 0.25) is 0 Å². The van der Waals surface area contributed by atoms with Crippen molar-refractivity contribution < 1.29 is 22.7 Å². The number of nitrogens with zero attached hydrogens (tertiary/aromatic N) is 7. The number of carbonyl (C=O) groups excluding carboxylic acids is 1. The average molecular weight is 729 g/mol. The van der Waals surface area contributed by atoms with Crippen LogP contribution in [-0.4, -0.2) is 107 Å². The number of benzene rings is 2. The number of aromatic nitrogens is 4. The number of amides is 1. The molecule has 6 heterocycles. The highest BCUT2D eigenvalue weighted by Crippen LogP contribution is 2.54. The first-order chi connectivity index (χ1) is 25.4. The molecule has 10 nitrogen and oxygen atoms in total. The number of nitrogens with one attached hydrogen (secondary N) is 1. The van der Waals surface area contributed by atoms with E-state index in [-0.39, 0.29) is 28.4 Å². The molecule has 2 aromatic heterocycles. The normalized spacial score (nSPS) is 21.5. The molecular weight excluding hydrogens is 681 g/mol. The number of ether oxygens (including phenoxy) is 1. The van der Waals surface area contributed by atoms with Gasteiger partial charge in [-0.15, -0.1) is 0 Å². The molecule has 1 amide bonds. The molecule has 0 radical (unpaired) electrons. The summed E-state index contributed by atoms with van der Waals surface area (Å²) in [7, 11) is 0. The minimum Gasteiger partial charge on any atom is -0.481 e. The van der Waals surface area contributed by atoms with Crippen LogP contribution in [0.5, 0.6) is 5.75 Å². The summed E-state index contributed by atoms with van der Waals surface area (Å²) >= 11 is 0. The van der Waals surface area contributed by atoms with Crippen molar-refractivity contribution in [3.63, 3.8) is 0 Å². The molecule has 4 aliphatic heterocycles. The molecule has 0 bridgehead atoms. The van der Waals surface area contributed by atoms with Gasteiger partial charge in [0.1, 0.15) is 11.3 Å². The number of likely N-dealkylation sites (tertiary alicyclic amines) is 2. The molecule has 53 heavy (non-hydrogen) atoms. The van der Waals surface area contributed by atoms with E-state index in [1.807, 2.05) is 24.0 Å². The van der Waals surface area contributed by atoms with Gasteiger partial charge >= 0.3 is 6.18 Å². The van der Waals surface area contributed by atoms with Gasteiger partial charge in [0.05, 0.1) is 11.7 Å². The Labute approximate surface area is 307 Å². The van der Waals surface area contributed by atoms with Gasteiger partial charge in [0, 0.05) is 85.6 Å². The third kappa shape index (κ3) is 5.90. The summed E-state index contributed by atoms with van der Waals surface area (Å²) < 4.78 is 48.3. The number of aromatic amines is 1. The third-order valence-electron chi connectivity index (χ3n) is 12.7. The Morgan fingerprint density at radius 2 is 1.77 bits per heavy atom. The second kappa shape index (κ2) is 12.3. The number of anilines is 2. The number of rotatable bonds is 9. The Bertz CT molecular complexity index is 2100. The summed E-state index contributed by atoms with van der Waals surface area (Å²) in [6, 6.07) is 6.61. The summed E-state index contributed by atoms with van der Waals surface area (Å²) in [6.07, 6.45) is 3.35. The number of aryl methyl sites for hydroxylation is 1. The van der Waals surface area contributed by atoms with Gasteiger partial charge in [0.25, 0.3) is 0 Å². The minimum atomic E-state index is -4.55. The fraction of sp³-hybridized carbons (Fsp3) is 0.550. The van der Waals surface area contributed by atoms with Gasteiger partial charge in [-0.1, -0.05) is 19.6 Å². The van der Waals surface area contributed by atoms with E-state index < -0.39 is 12.8 Å². The van der Waals surface area contributed by atoms with Gasteiger partial charge in [0.15, 0.2) is 12.4 Å². The summed E-state index contributed by atoms with van der Waals surface area (Å²) in [5, 5.41) is 8.91. The van der Waals surface area contributed by atoms with Crippen molar-refractivity contribution in [1.82, 2.24) is 30.0 Å². The van der Waals surface area contributed by atoms with Crippen LogP contribution in [0.25, 0.3) is 32.9 Å². The van der Waals surface area contributed by atoms with Crippen LogP contribution < -0.4 is 14.5 Å². The number of H-pyrrole nitrogens is 1. The molecule has 5 fully saturated rings. The smallest absolute Gasteiger partial charge is 0.422 e. The predicted octanol–water partition coefficient (Wildman–Crippen LogP) is 6.84. The molecule has 1 unspecified atom stereocenters. The Morgan fingerprint density at radius 3 is 2.43 bits per heavy atom. The second-order valence-electron chi connectivity index (χ2n) is 16.6. The molecule has 5 aliphatic rings.